The molecule has 2 aromatic rings. The van der Waals surface area contributed by atoms with Crippen molar-refractivity contribution in [1.82, 2.24) is 10.3 Å². The highest BCUT2D eigenvalue weighted by atomic mass is 32.1. The van der Waals surface area contributed by atoms with E-state index < -0.39 is 6.04 Å². The Labute approximate surface area is 129 Å². The molecule has 0 amide bonds. The average Bonchev–Trinajstić information content (AvgIpc) is 2.92. The Morgan fingerprint density at radius 1 is 1.38 bits per heavy atom. The monoisotopic (exact) mass is 304 g/mol. The van der Waals surface area contributed by atoms with Crippen LogP contribution in [0, 0.1) is 6.92 Å². The van der Waals surface area contributed by atoms with Crippen molar-refractivity contribution in [1.29, 1.82) is 0 Å². The second-order valence-corrected chi connectivity index (χ2v) is 6.06. The lowest BCUT2D eigenvalue weighted by atomic mass is 10.1. The van der Waals surface area contributed by atoms with E-state index >= 15 is 0 Å². The fourth-order valence-electron chi connectivity index (χ4n) is 2.07. The molecule has 0 aliphatic heterocycles. The molecular formula is C16H20N2O2S. The molecule has 112 valence electrons. The molecule has 0 aliphatic carbocycles. The summed E-state index contributed by atoms with van der Waals surface area (Å²) in [6.45, 7) is 6.21. The fourth-order valence-corrected chi connectivity index (χ4v) is 2.85. The van der Waals surface area contributed by atoms with E-state index in [1.54, 1.807) is 11.3 Å². The molecule has 5 heteroatoms. The summed E-state index contributed by atoms with van der Waals surface area (Å²) >= 11 is 1.63. The maximum absolute atomic E-state index is 12.2. The SMILES string of the molecule is CCOC(=O)C(NC(C)c1ncc(C)s1)c1ccccc1. The van der Waals surface area contributed by atoms with Crippen molar-refractivity contribution in [2.75, 3.05) is 6.61 Å². The normalized spacial score (nSPS) is 13.7. The predicted octanol–water partition coefficient (Wildman–Crippen LogP) is 3.41. The fraction of sp³-hybridized carbons (Fsp3) is 0.375. The van der Waals surface area contributed by atoms with E-state index in [9.17, 15) is 4.79 Å². The van der Waals surface area contributed by atoms with Crippen LogP contribution in [0.1, 0.15) is 41.4 Å². The molecule has 0 bridgehead atoms. The zero-order valence-corrected chi connectivity index (χ0v) is 13.3. The van der Waals surface area contributed by atoms with Gasteiger partial charge in [0.25, 0.3) is 0 Å². The summed E-state index contributed by atoms with van der Waals surface area (Å²) < 4.78 is 5.18. The van der Waals surface area contributed by atoms with Crippen LogP contribution in [0.2, 0.25) is 0 Å². The third-order valence-corrected chi connectivity index (χ3v) is 4.18. The lowest BCUT2D eigenvalue weighted by molar-refractivity contribution is -0.146. The van der Waals surface area contributed by atoms with Crippen molar-refractivity contribution < 1.29 is 9.53 Å². The van der Waals surface area contributed by atoms with Crippen molar-refractivity contribution >= 4 is 17.3 Å². The van der Waals surface area contributed by atoms with Gasteiger partial charge in [-0.15, -0.1) is 11.3 Å². The summed E-state index contributed by atoms with van der Waals surface area (Å²) in [7, 11) is 0. The topological polar surface area (TPSA) is 51.2 Å². The van der Waals surface area contributed by atoms with Crippen molar-refractivity contribution in [3.8, 4) is 0 Å². The molecule has 0 fully saturated rings. The molecule has 4 nitrogen and oxygen atoms in total. The van der Waals surface area contributed by atoms with Gasteiger partial charge in [0.05, 0.1) is 12.6 Å². The van der Waals surface area contributed by atoms with Crippen molar-refractivity contribution in [2.45, 2.75) is 32.9 Å². The number of carbonyl (C=O) groups is 1. The Hall–Kier alpha value is -1.72. The number of esters is 1. The Bertz CT molecular complexity index is 583. The number of carbonyl (C=O) groups excluding carboxylic acids is 1. The summed E-state index contributed by atoms with van der Waals surface area (Å²) in [5.41, 5.74) is 0.899. The van der Waals surface area contributed by atoms with Gasteiger partial charge >= 0.3 is 5.97 Å². The van der Waals surface area contributed by atoms with Crippen LogP contribution in [-0.4, -0.2) is 17.6 Å². The smallest absolute Gasteiger partial charge is 0.327 e. The zero-order valence-electron chi connectivity index (χ0n) is 12.5. The Kier molecular flexibility index (Phi) is 5.47. The Morgan fingerprint density at radius 2 is 2.10 bits per heavy atom. The second-order valence-electron chi connectivity index (χ2n) is 4.79. The maximum atomic E-state index is 12.2. The largest absolute Gasteiger partial charge is 0.465 e. The van der Waals surface area contributed by atoms with Crippen LogP contribution in [-0.2, 0) is 9.53 Å². The number of hydrogen-bond donors (Lipinski definition) is 1. The van der Waals surface area contributed by atoms with Crippen LogP contribution in [0.5, 0.6) is 0 Å². The molecule has 1 N–H and O–H groups in total. The highest BCUT2D eigenvalue weighted by Gasteiger charge is 2.24. The Balaban J connectivity index is 2.18. The van der Waals surface area contributed by atoms with E-state index in [1.165, 1.54) is 0 Å². The van der Waals surface area contributed by atoms with Gasteiger partial charge in [0.15, 0.2) is 0 Å². The van der Waals surface area contributed by atoms with Crippen LogP contribution < -0.4 is 5.32 Å². The van der Waals surface area contributed by atoms with Gasteiger partial charge in [-0.1, -0.05) is 30.3 Å². The molecule has 0 aliphatic rings. The first kappa shape index (κ1) is 15.7. The first-order valence-corrected chi connectivity index (χ1v) is 7.83. The number of ether oxygens (including phenoxy) is 1. The third-order valence-electron chi connectivity index (χ3n) is 3.08. The lowest BCUT2D eigenvalue weighted by Crippen LogP contribution is -2.32. The third kappa shape index (κ3) is 4.12. The maximum Gasteiger partial charge on any atom is 0.327 e. The summed E-state index contributed by atoms with van der Waals surface area (Å²) in [4.78, 5) is 17.7. The van der Waals surface area contributed by atoms with E-state index in [0.717, 1.165) is 15.4 Å². The summed E-state index contributed by atoms with van der Waals surface area (Å²) in [5.74, 6) is -0.260. The van der Waals surface area contributed by atoms with Crippen molar-refractivity contribution in [3.63, 3.8) is 0 Å². The predicted molar refractivity (Wildman–Crippen MR) is 84.2 cm³/mol. The van der Waals surface area contributed by atoms with E-state index in [1.807, 2.05) is 57.3 Å². The number of nitrogens with zero attached hydrogens (tertiary/aromatic N) is 1. The van der Waals surface area contributed by atoms with Gasteiger partial charge in [-0.05, 0) is 26.3 Å². The standard InChI is InChI=1S/C16H20N2O2S/c1-4-20-16(19)14(13-8-6-5-7-9-13)18-12(3)15-17-10-11(2)21-15/h5-10,12,14,18H,4H2,1-3H3. The minimum absolute atomic E-state index is 0.0155. The second kappa shape index (κ2) is 7.33. The number of thiazole rings is 1. The van der Waals surface area contributed by atoms with Crippen LogP contribution in [0.4, 0.5) is 0 Å². The van der Waals surface area contributed by atoms with Crippen molar-refractivity contribution in [3.05, 3.63) is 52.0 Å². The Morgan fingerprint density at radius 3 is 2.67 bits per heavy atom. The summed E-state index contributed by atoms with van der Waals surface area (Å²) in [6.07, 6.45) is 1.85. The zero-order chi connectivity index (χ0) is 15.2. The van der Waals surface area contributed by atoms with Crippen LogP contribution in [0.15, 0.2) is 36.5 Å². The van der Waals surface area contributed by atoms with Gasteiger partial charge in [-0.3, -0.25) is 5.32 Å². The highest BCUT2D eigenvalue weighted by molar-refractivity contribution is 7.11. The number of benzene rings is 1. The first-order chi connectivity index (χ1) is 10.1. The number of aryl methyl sites for hydroxylation is 1. The molecule has 0 spiro atoms. The molecule has 0 saturated heterocycles. The molecule has 2 rings (SSSR count). The van der Waals surface area contributed by atoms with Gasteiger partial charge in [0, 0.05) is 11.1 Å². The molecule has 1 aromatic carbocycles. The van der Waals surface area contributed by atoms with Gasteiger partial charge < -0.3 is 4.74 Å². The van der Waals surface area contributed by atoms with Gasteiger partial charge in [0.1, 0.15) is 11.0 Å². The minimum atomic E-state index is -0.481. The molecule has 2 atom stereocenters. The molecule has 0 saturated carbocycles. The molecule has 0 radical (unpaired) electrons. The van der Waals surface area contributed by atoms with E-state index in [0.29, 0.717) is 6.61 Å². The van der Waals surface area contributed by atoms with Crippen LogP contribution in [0.3, 0.4) is 0 Å². The lowest BCUT2D eigenvalue weighted by Gasteiger charge is -2.21. The van der Waals surface area contributed by atoms with Crippen LogP contribution in [0.25, 0.3) is 0 Å². The number of aromatic nitrogens is 1. The molecule has 2 unspecified atom stereocenters. The minimum Gasteiger partial charge on any atom is -0.465 e. The summed E-state index contributed by atoms with van der Waals surface area (Å²) in [5, 5.41) is 4.29. The molecular weight excluding hydrogens is 284 g/mol. The molecule has 21 heavy (non-hydrogen) atoms. The highest BCUT2D eigenvalue weighted by Crippen LogP contribution is 2.23. The van der Waals surface area contributed by atoms with Gasteiger partial charge in [-0.2, -0.15) is 0 Å². The number of nitrogens with one attached hydrogen (secondary N) is 1. The molecule has 1 heterocycles. The molecule has 1 aromatic heterocycles. The average molecular weight is 304 g/mol. The number of rotatable bonds is 6. The van der Waals surface area contributed by atoms with E-state index in [2.05, 4.69) is 10.3 Å². The van der Waals surface area contributed by atoms with Crippen LogP contribution >= 0.6 is 11.3 Å². The quantitative estimate of drug-likeness (QED) is 0.831. The number of hydrogen-bond acceptors (Lipinski definition) is 5. The van der Waals surface area contributed by atoms with E-state index in [4.69, 9.17) is 4.74 Å². The first-order valence-electron chi connectivity index (χ1n) is 7.01. The van der Waals surface area contributed by atoms with E-state index in [-0.39, 0.29) is 12.0 Å². The van der Waals surface area contributed by atoms with Gasteiger partial charge in [0.2, 0.25) is 0 Å². The van der Waals surface area contributed by atoms with Gasteiger partial charge in [-0.25, -0.2) is 9.78 Å². The summed E-state index contributed by atoms with van der Waals surface area (Å²) in [6, 6.07) is 9.12. The van der Waals surface area contributed by atoms with Crippen molar-refractivity contribution in [2.24, 2.45) is 0 Å².